The molecule has 0 amide bonds. The van der Waals surface area contributed by atoms with Gasteiger partial charge in [-0.2, -0.15) is 0 Å². The first-order chi connectivity index (χ1) is 7.81. The van der Waals surface area contributed by atoms with Gasteiger partial charge < -0.3 is 10.2 Å². The summed E-state index contributed by atoms with van der Waals surface area (Å²) in [7, 11) is 0. The van der Waals surface area contributed by atoms with E-state index < -0.39 is 11.7 Å². The van der Waals surface area contributed by atoms with Gasteiger partial charge in [0.25, 0.3) is 0 Å². The summed E-state index contributed by atoms with van der Waals surface area (Å²) < 4.78 is 0. The fraction of sp³-hybridized carbons (Fsp3) is 0.867. The topological polar surface area (TPSA) is 40.5 Å². The Balaban J connectivity index is 2.36. The third-order valence-corrected chi connectivity index (χ3v) is 5.35. The van der Waals surface area contributed by atoms with E-state index in [-0.39, 0.29) is 17.3 Å². The van der Waals surface area contributed by atoms with Crippen LogP contribution in [-0.4, -0.2) is 21.9 Å². The van der Waals surface area contributed by atoms with E-state index in [0.717, 1.165) is 25.7 Å². The van der Waals surface area contributed by atoms with Crippen molar-refractivity contribution in [2.24, 2.45) is 17.3 Å². The number of fused-ring (bicyclic) bond motifs is 1. The monoisotopic (exact) mass is 238 g/mol. The Morgan fingerprint density at radius 1 is 1.29 bits per heavy atom. The van der Waals surface area contributed by atoms with Crippen LogP contribution in [-0.2, 0) is 0 Å². The molecule has 2 heteroatoms. The van der Waals surface area contributed by atoms with Crippen molar-refractivity contribution in [3.63, 3.8) is 0 Å². The molecule has 0 unspecified atom stereocenters. The Morgan fingerprint density at radius 3 is 2.53 bits per heavy atom. The molecule has 2 nitrogen and oxygen atoms in total. The maximum atomic E-state index is 10.7. The van der Waals surface area contributed by atoms with Crippen molar-refractivity contribution < 1.29 is 10.2 Å². The molecule has 0 saturated heterocycles. The minimum Gasteiger partial charge on any atom is -0.389 e. The highest BCUT2D eigenvalue weighted by molar-refractivity contribution is 5.20. The highest BCUT2D eigenvalue weighted by Gasteiger charge is 2.54. The minimum atomic E-state index is -0.906. The van der Waals surface area contributed by atoms with Crippen LogP contribution in [0.25, 0.3) is 0 Å². The first-order valence-electron chi connectivity index (χ1n) is 6.88. The molecule has 2 N–H and O–H groups in total. The molecular formula is C15H26O2. The van der Waals surface area contributed by atoms with Crippen LogP contribution in [0.3, 0.4) is 0 Å². The van der Waals surface area contributed by atoms with Crippen molar-refractivity contribution in [2.45, 2.75) is 65.1 Å². The highest BCUT2D eigenvalue weighted by Crippen LogP contribution is 2.54. The van der Waals surface area contributed by atoms with Crippen molar-refractivity contribution in [1.29, 1.82) is 0 Å². The predicted octanol–water partition coefficient (Wildman–Crippen LogP) is 2.89. The van der Waals surface area contributed by atoms with Gasteiger partial charge in [0.2, 0.25) is 0 Å². The molecule has 17 heavy (non-hydrogen) atoms. The standard InChI is InChI=1S/C15H26O2/c1-10(2)15(17)9-8-14(4)7-5-6-11(3)12(14)13(15)16/h6,10,12-13,16-17H,5,7-9H2,1-4H3/t12-,13-,14-,15+/m1/s1. The zero-order valence-electron chi connectivity index (χ0n) is 11.5. The van der Waals surface area contributed by atoms with Crippen molar-refractivity contribution in [3.8, 4) is 0 Å². The summed E-state index contributed by atoms with van der Waals surface area (Å²) in [5, 5.41) is 21.3. The molecule has 2 rings (SSSR count). The van der Waals surface area contributed by atoms with Gasteiger partial charge in [-0.25, -0.2) is 0 Å². The van der Waals surface area contributed by atoms with Crippen LogP contribution < -0.4 is 0 Å². The third kappa shape index (κ3) is 1.86. The second kappa shape index (κ2) is 4.10. The zero-order chi connectivity index (χ0) is 12.8. The number of rotatable bonds is 1. The van der Waals surface area contributed by atoms with E-state index in [4.69, 9.17) is 0 Å². The van der Waals surface area contributed by atoms with Gasteiger partial charge in [-0.15, -0.1) is 0 Å². The summed E-state index contributed by atoms with van der Waals surface area (Å²) in [5.74, 6) is 0.245. The molecule has 0 aromatic heterocycles. The summed E-state index contributed by atoms with van der Waals surface area (Å²) in [6.07, 6.45) is 5.63. The van der Waals surface area contributed by atoms with Crippen LogP contribution in [0.15, 0.2) is 11.6 Å². The van der Waals surface area contributed by atoms with Crippen LogP contribution in [0.1, 0.15) is 53.4 Å². The fourth-order valence-corrected chi connectivity index (χ4v) is 3.92. The van der Waals surface area contributed by atoms with Crippen molar-refractivity contribution in [3.05, 3.63) is 11.6 Å². The van der Waals surface area contributed by atoms with E-state index in [1.807, 2.05) is 13.8 Å². The number of allylic oxidation sites excluding steroid dienone is 1. The van der Waals surface area contributed by atoms with Gasteiger partial charge in [-0.05, 0) is 43.9 Å². The fourth-order valence-electron chi connectivity index (χ4n) is 3.92. The first kappa shape index (κ1) is 13.1. The average molecular weight is 238 g/mol. The van der Waals surface area contributed by atoms with E-state index in [1.165, 1.54) is 5.57 Å². The molecule has 1 fully saturated rings. The van der Waals surface area contributed by atoms with Gasteiger partial charge in [0, 0.05) is 5.92 Å². The molecule has 4 atom stereocenters. The molecule has 98 valence electrons. The summed E-state index contributed by atoms with van der Waals surface area (Å²) in [5.41, 5.74) is 0.542. The number of aliphatic hydroxyl groups excluding tert-OH is 1. The summed E-state index contributed by atoms with van der Waals surface area (Å²) in [4.78, 5) is 0. The molecule has 0 radical (unpaired) electrons. The molecule has 0 aromatic carbocycles. The van der Waals surface area contributed by atoms with Crippen molar-refractivity contribution >= 4 is 0 Å². The number of hydrogen-bond acceptors (Lipinski definition) is 2. The van der Waals surface area contributed by atoms with Gasteiger partial charge in [0.05, 0.1) is 11.7 Å². The highest BCUT2D eigenvalue weighted by atomic mass is 16.3. The summed E-state index contributed by atoms with van der Waals surface area (Å²) >= 11 is 0. The largest absolute Gasteiger partial charge is 0.389 e. The Kier molecular flexibility index (Phi) is 3.16. The van der Waals surface area contributed by atoms with E-state index in [2.05, 4.69) is 19.9 Å². The van der Waals surface area contributed by atoms with Crippen molar-refractivity contribution in [2.75, 3.05) is 0 Å². The number of hydrogen-bond donors (Lipinski definition) is 2. The minimum absolute atomic E-state index is 0.108. The molecule has 0 aliphatic heterocycles. The number of aliphatic hydroxyl groups is 2. The van der Waals surface area contributed by atoms with Crippen molar-refractivity contribution in [1.82, 2.24) is 0 Å². The molecule has 0 aromatic rings. The molecule has 0 spiro atoms. The van der Waals surface area contributed by atoms with Crippen LogP contribution in [0.2, 0.25) is 0 Å². The Labute approximate surface area is 105 Å². The summed E-state index contributed by atoms with van der Waals surface area (Å²) in [6, 6.07) is 0. The molecular weight excluding hydrogens is 212 g/mol. The Morgan fingerprint density at radius 2 is 1.94 bits per heavy atom. The average Bonchev–Trinajstić information content (AvgIpc) is 2.24. The van der Waals surface area contributed by atoms with Crippen LogP contribution in [0, 0.1) is 17.3 Å². The smallest absolute Gasteiger partial charge is 0.0934 e. The lowest BCUT2D eigenvalue weighted by molar-refractivity contribution is -0.178. The Hall–Kier alpha value is -0.340. The predicted molar refractivity (Wildman–Crippen MR) is 69.6 cm³/mol. The van der Waals surface area contributed by atoms with Gasteiger partial charge in [0.15, 0.2) is 0 Å². The summed E-state index contributed by atoms with van der Waals surface area (Å²) in [6.45, 7) is 8.40. The lowest BCUT2D eigenvalue weighted by Gasteiger charge is -2.55. The zero-order valence-corrected chi connectivity index (χ0v) is 11.5. The van der Waals surface area contributed by atoms with E-state index >= 15 is 0 Å². The molecule has 1 saturated carbocycles. The van der Waals surface area contributed by atoms with Crippen LogP contribution >= 0.6 is 0 Å². The van der Waals surface area contributed by atoms with E-state index in [0.29, 0.717) is 0 Å². The quantitative estimate of drug-likeness (QED) is 0.690. The second-order valence-electron chi connectivity index (χ2n) is 6.71. The second-order valence-corrected chi connectivity index (χ2v) is 6.71. The van der Waals surface area contributed by atoms with Gasteiger partial charge in [0.1, 0.15) is 0 Å². The molecule has 0 bridgehead atoms. The third-order valence-electron chi connectivity index (χ3n) is 5.35. The maximum Gasteiger partial charge on any atom is 0.0934 e. The maximum absolute atomic E-state index is 10.7. The molecule has 0 heterocycles. The van der Waals surface area contributed by atoms with Gasteiger partial charge in [-0.1, -0.05) is 32.4 Å². The first-order valence-corrected chi connectivity index (χ1v) is 6.88. The molecule has 2 aliphatic rings. The van der Waals surface area contributed by atoms with Crippen LogP contribution in [0.4, 0.5) is 0 Å². The Bertz CT molecular complexity index is 334. The van der Waals surface area contributed by atoms with E-state index in [9.17, 15) is 10.2 Å². The molecule has 2 aliphatic carbocycles. The lowest BCUT2D eigenvalue weighted by atomic mass is 9.54. The normalized spacial score (nSPS) is 46.6. The SMILES string of the molecule is CC1=CCC[C@]2(C)CC[C@](O)(C(C)C)[C@H](O)[C@@H]12. The van der Waals surface area contributed by atoms with E-state index in [1.54, 1.807) is 0 Å². The van der Waals surface area contributed by atoms with Crippen LogP contribution in [0.5, 0.6) is 0 Å². The van der Waals surface area contributed by atoms with Gasteiger partial charge in [-0.3, -0.25) is 0 Å². The van der Waals surface area contributed by atoms with Gasteiger partial charge >= 0.3 is 0 Å². The lowest BCUT2D eigenvalue weighted by Crippen LogP contribution is -2.59.